The Hall–Kier alpha value is -1.32. The molecule has 16 heavy (non-hydrogen) atoms. The zero-order valence-electron chi connectivity index (χ0n) is 9.87. The number of nitrogens with zero attached hydrogens (tertiary/aromatic N) is 2. The highest BCUT2D eigenvalue weighted by Gasteiger charge is 2.13. The third-order valence-electron chi connectivity index (χ3n) is 3.26. The van der Waals surface area contributed by atoms with E-state index < -0.39 is 0 Å². The summed E-state index contributed by atoms with van der Waals surface area (Å²) in [6, 6.07) is 1.94. The molecule has 1 saturated carbocycles. The Labute approximate surface area is 96.9 Å². The molecule has 0 spiro atoms. The summed E-state index contributed by atoms with van der Waals surface area (Å²) in [6.07, 6.45) is 8.51. The summed E-state index contributed by atoms with van der Waals surface area (Å²) in [5.41, 5.74) is 0. The van der Waals surface area contributed by atoms with Crippen LogP contribution in [0.5, 0.6) is 0 Å². The molecule has 1 aliphatic rings. The van der Waals surface area contributed by atoms with Gasteiger partial charge in [-0.3, -0.25) is 0 Å². The van der Waals surface area contributed by atoms with Crippen LogP contribution in [-0.2, 0) is 0 Å². The standard InChI is InChI=1S/C12H20N4/c1-13-11-8-12(16-9-15-11)14-7-6-10-4-2-3-5-10/h8-10H,2-7H2,1H3,(H2,13,14,15,16). The first-order chi connectivity index (χ1) is 7.88. The number of nitrogens with one attached hydrogen (secondary N) is 2. The van der Waals surface area contributed by atoms with Gasteiger partial charge in [-0.25, -0.2) is 9.97 Å². The zero-order chi connectivity index (χ0) is 11.2. The zero-order valence-corrected chi connectivity index (χ0v) is 9.87. The van der Waals surface area contributed by atoms with Crippen LogP contribution >= 0.6 is 0 Å². The van der Waals surface area contributed by atoms with E-state index >= 15 is 0 Å². The first-order valence-corrected chi connectivity index (χ1v) is 6.12. The quantitative estimate of drug-likeness (QED) is 0.800. The second-order valence-electron chi connectivity index (χ2n) is 4.40. The largest absolute Gasteiger partial charge is 0.373 e. The van der Waals surface area contributed by atoms with Gasteiger partial charge in [0.2, 0.25) is 0 Å². The lowest BCUT2D eigenvalue weighted by Gasteiger charge is -2.10. The van der Waals surface area contributed by atoms with Crippen LogP contribution in [0.25, 0.3) is 0 Å². The molecule has 88 valence electrons. The van der Waals surface area contributed by atoms with Gasteiger partial charge in [0.05, 0.1) is 0 Å². The molecule has 1 fully saturated rings. The van der Waals surface area contributed by atoms with Crippen LogP contribution in [0.4, 0.5) is 11.6 Å². The molecule has 0 radical (unpaired) electrons. The molecule has 0 bridgehead atoms. The van der Waals surface area contributed by atoms with Crippen LogP contribution in [0.3, 0.4) is 0 Å². The van der Waals surface area contributed by atoms with Gasteiger partial charge in [-0.2, -0.15) is 0 Å². The van der Waals surface area contributed by atoms with Crippen LogP contribution in [0.2, 0.25) is 0 Å². The number of hydrogen-bond acceptors (Lipinski definition) is 4. The van der Waals surface area contributed by atoms with Gasteiger partial charge in [0.25, 0.3) is 0 Å². The Balaban J connectivity index is 1.75. The van der Waals surface area contributed by atoms with Gasteiger partial charge >= 0.3 is 0 Å². The van der Waals surface area contributed by atoms with Crippen LogP contribution in [0, 0.1) is 5.92 Å². The van der Waals surface area contributed by atoms with Crippen molar-refractivity contribution in [2.45, 2.75) is 32.1 Å². The van der Waals surface area contributed by atoms with Crippen molar-refractivity contribution in [1.82, 2.24) is 9.97 Å². The molecule has 1 aliphatic carbocycles. The Bertz CT molecular complexity index is 321. The number of rotatable bonds is 5. The van der Waals surface area contributed by atoms with E-state index in [0.29, 0.717) is 0 Å². The van der Waals surface area contributed by atoms with E-state index in [9.17, 15) is 0 Å². The highest BCUT2D eigenvalue weighted by atomic mass is 15.0. The fourth-order valence-electron chi connectivity index (χ4n) is 2.29. The van der Waals surface area contributed by atoms with Gasteiger partial charge < -0.3 is 10.6 Å². The molecular formula is C12H20N4. The van der Waals surface area contributed by atoms with E-state index in [4.69, 9.17) is 0 Å². The first kappa shape index (κ1) is 11.2. The summed E-state index contributed by atoms with van der Waals surface area (Å²) in [5.74, 6) is 2.70. The SMILES string of the molecule is CNc1cc(NCCC2CCCC2)ncn1. The molecule has 0 atom stereocenters. The Morgan fingerprint density at radius 1 is 1.25 bits per heavy atom. The molecule has 0 aromatic carbocycles. The molecule has 1 aromatic rings. The normalized spacial score (nSPS) is 16.3. The molecule has 4 nitrogen and oxygen atoms in total. The van der Waals surface area contributed by atoms with Crippen LogP contribution in [0.15, 0.2) is 12.4 Å². The molecule has 1 heterocycles. The minimum Gasteiger partial charge on any atom is -0.373 e. The summed E-state index contributed by atoms with van der Waals surface area (Å²) in [7, 11) is 1.87. The molecule has 2 N–H and O–H groups in total. The Morgan fingerprint density at radius 3 is 2.75 bits per heavy atom. The number of aromatic nitrogens is 2. The molecule has 1 aromatic heterocycles. The summed E-state index contributed by atoms with van der Waals surface area (Å²) in [6.45, 7) is 1.02. The van der Waals surface area contributed by atoms with E-state index in [-0.39, 0.29) is 0 Å². The summed E-state index contributed by atoms with van der Waals surface area (Å²) < 4.78 is 0. The van der Waals surface area contributed by atoms with Crippen molar-refractivity contribution in [3.63, 3.8) is 0 Å². The maximum atomic E-state index is 4.19. The fraction of sp³-hybridized carbons (Fsp3) is 0.667. The lowest BCUT2D eigenvalue weighted by atomic mass is 10.0. The van der Waals surface area contributed by atoms with E-state index in [1.807, 2.05) is 13.1 Å². The van der Waals surface area contributed by atoms with Crippen molar-refractivity contribution in [1.29, 1.82) is 0 Å². The van der Waals surface area contributed by atoms with Crippen molar-refractivity contribution in [2.75, 3.05) is 24.2 Å². The molecule has 0 saturated heterocycles. The van der Waals surface area contributed by atoms with Gasteiger partial charge in [-0.15, -0.1) is 0 Å². The predicted octanol–water partition coefficient (Wildman–Crippen LogP) is 2.51. The third kappa shape index (κ3) is 3.08. The lowest BCUT2D eigenvalue weighted by Crippen LogP contribution is -2.08. The molecule has 0 amide bonds. The second kappa shape index (κ2) is 5.68. The minimum atomic E-state index is 0.860. The number of anilines is 2. The van der Waals surface area contributed by atoms with E-state index in [0.717, 1.165) is 24.1 Å². The molecule has 0 aliphatic heterocycles. The van der Waals surface area contributed by atoms with Gasteiger partial charge in [0, 0.05) is 19.7 Å². The van der Waals surface area contributed by atoms with E-state index in [1.54, 1.807) is 6.33 Å². The highest BCUT2D eigenvalue weighted by molar-refractivity contribution is 5.45. The summed E-state index contributed by atoms with van der Waals surface area (Å²) in [4.78, 5) is 8.27. The summed E-state index contributed by atoms with van der Waals surface area (Å²) >= 11 is 0. The van der Waals surface area contributed by atoms with Gasteiger partial charge in [-0.05, 0) is 12.3 Å². The maximum absolute atomic E-state index is 4.19. The summed E-state index contributed by atoms with van der Waals surface area (Å²) in [5, 5.41) is 6.36. The number of hydrogen-bond donors (Lipinski definition) is 2. The van der Waals surface area contributed by atoms with Crippen molar-refractivity contribution >= 4 is 11.6 Å². The maximum Gasteiger partial charge on any atom is 0.131 e. The van der Waals surface area contributed by atoms with Gasteiger partial charge in [-0.1, -0.05) is 25.7 Å². The van der Waals surface area contributed by atoms with E-state index in [1.165, 1.54) is 32.1 Å². The highest BCUT2D eigenvalue weighted by Crippen LogP contribution is 2.27. The molecular weight excluding hydrogens is 200 g/mol. The van der Waals surface area contributed by atoms with Crippen LogP contribution < -0.4 is 10.6 Å². The molecule has 2 rings (SSSR count). The van der Waals surface area contributed by atoms with Crippen molar-refractivity contribution in [3.05, 3.63) is 12.4 Å². The molecule has 4 heteroatoms. The average molecular weight is 220 g/mol. The van der Waals surface area contributed by atoms with Crippen molar-refractivity contribution < 1.29 is 0 Å². The first-order valence-electron chi connectivity index (χ1n) is 6.12. The van der Waals surface area contributed by atoms with Crippen LogP contribution in [-0.4, -0.2) is 23.6 Å². The van der Waals surface area contributed by atoms with Crippen molar-refractivity contribution in [2.24, 2.45) is 5.92 Å². The monoisotopic (exact) mass is 220 g/mol. The van der Waals surface area contributed by atoms with Crippen molar-refractivity contribution in [3.8, 4) is 0 Å². The van der Waals surface area contributed by atoms with E-state index in [2.05, 4.69) is 20.6 Å². The predicted molar refractivity (Wildman–Crippen MR) is 66.6 cm³/mol. The average Bonchev–Trinajstić information content (AvgIpc) is 2.82. The topological polar surface area (TPSA) is 49.8 Å². The Kier molecular flexibility index (Phi) is 3.97. The van der Waals surface area contributed by atoms with Crippen LogP contribution in [0.1, 0.15) is 32.1 Å². The van der Waals surface area contributed by atoms with Gasteiger partial charge in [0.1, 0.15) is 18.0 Å². The van der Waals surface area contributed by atoms with Gasteiger partial charge in [0.15, 0.2) is 0 Å². The minimum absolute atomic E-state index is 0.860. The lowest BCUT2D eigenvalue weighted by molar-refractivity contribution is 0.518. The smallest absolute Gasteiger partial charge is 0.131 e. The third-order valence-corrected chi connectivity index (χ3v) is 3.26. The fourth-order valence-corrected chi connectivity index (χ4v) is 2.29. The molecule has 0 unspecified atom stereocenters. The Morgan fingerprint density at radius 2 is 2.00 bits per heavy atom. The second-order valence-corrected chi connectivity index (χ2v) is 4.40.